The highest BCUT2D eigenvalue weighted by atomic mass is 79.9. The molecule has 14 heavy (non-hydrogen) atoms. The molecule has 3 heteroatoms. The molecule has 1 aromatic carbocycles. The highest BCUT2D eigenvalue weighted by molar-refractivity contribution is 9.09. The monoisotopic (exact) mass is 250 g/mol. The molecule has 0 aromatic heterocycles. The topological polar surface area (TPSA) is 49.9 Å². The van der Waals surface area contributed by atoms with Gasteiger partial charge in [0, 0.05) is 22.9 Å². The predicted molar refractivity (Wildman–Crippen MR) is 62.7 cm³/mol. The summed E-state index contributed by atoms with van der Waals surface area (Å²) in [6.07, 6.45) is 0.842. The molecule has 0 radical (unpaired) electrons. The summed E-state index contributed by atoms with van der Waals surface area (Å²) < 4.78 is 0. The van der Waals surface area contributed by atoms with Crippen LogP contribution in [0.5, 0.6) is 0 Å². The van der Waals surface area contributed by atoms with Crippen LogP contribution in [-0.4, -0.2) is 11.2 Å². The van der Waals surface area contributed by atoms with Crippen LogP contribution < -0.4 is 5.73 Å². The maximum atomic E-state index is 7.21. The average molecular weight is 251 g/mol. The Labute approximate surface area is 92.1 Å². The summed E-state index contributed by atoms with van der Waals surface area (Å²) in [6.45, 7) is 0. The van der Waals surface area contributed by atoms with Gasteiger partial charge >= 0.3 is 0 Å². The molecule has 0 spiro atoms. The summed E-state index contributed by atoms with van der Waals surface area (Å²) in [5, 5.41) is 8.10. The quantitative estimate of drug-likeness (QED) is 0.359. The van der Waals surface area contributed by atoms with Gasteiger partial charge in [0.05, 0.1) is 0 Å². The van der Waals surface area contributed by atoms with Crippen molar-refractivity contribution >= 4 is 21.8 Å². The minimum absolute atomic E-state index is 0.0879. The van der Waals surface area contributed by atoms with E-state index in [0.717, 1.165) is 22.9 Å². The molecule has 0 aliphatic rings. The molecule has 3 N–H and O–H groups in total. The van der Waals surface area contributed by atoms with Crippen molar-refractivity contribution in [3.63, 3.8) is 0 Å². The fourth-order valence-electron chi connectivity index (χ4n) is 0.945. The third-order valence-electron chi connectivity index (χ3n) is 1.65. The van der Waals surface area contributed by atoms with E-state index in [1.807, 2.05) is 12.1 Å². The first-order valence-electron chi connectivity index (χ1n) is 4.23. The molecule has 0 amide bonds. The number of hydrogen-bond acceptors (Lipinski definition) is 1. The predicted octanol–water partition coefficient (Wildman–Crippen LogP) is 2.11. The van der Waals surface area contributed by atoms with E-state index in [2.05, 4.69) is 27.8 Å². The smallest absolute Gasteiger partial charge is 0.122 e. The number of benzene rings is 1. The van der Waals surface area contributed by atoms with Crippen molar-refractivity contribution in [1.82, 2.24) is 0 Å². The van der Waals surface area contributed by atoms with Gasteiger partial charge in [-0.05, 0) is 12.1 Å². The molecule has 2 nitrogen and oxygen atoms in total. The molecule has 0 atom stereocenters. The average Bonchev–Trinajstić information content (AvgIpc) is 2.19. The first-order valence-corrected chi connectivity index (χ1v) is 5.35. The van der Waals surface area contributed by atoms with E-state index >= 15 is 0 Å². The molecular formula is C11H11BrN2. The zero-order valence-electron chi connectivity index (χ0n) is 7.68. The Balaban J connectivity index is 2.75. The second-order valence-corrected chi connectivity index (χ2v) is 3.52. The SMILES string of the molecule is N=C(N)c1ccc(C#CCCBr)cc1. The molecule has 72 valence electrons. The number of alkyl halides is 1. The highest BCUT2D eigenvalue weighted by Gasteiger charge is 1.93. The second kappa shape index (κ2) is 5.46. The Morgan fingerprint density at radius 1 is 1.36 bits per heavy atom. The molecule has 1 rings (SSSR count). The highest BCUT2D eigenvalue weighted by Crippen LogP contribution is 2.02. The number of hydrogen-bond donors (Lipinski definition) is 2. The number of nitrogens with two attached hydrogens (primary N) is 1. The third-order valence-corrected chi connectivity index (χ3v) is 2.04. The molecule has 0 heterocycles. The number of amidine groups is 1. The lowest BCUT2D eigenvalue weighted by Crippen LogP contribution is -2.10. The normalized spacial score (nSPS) is 8.93. The lowest BCUT2D eigenvalue weighted by atomic mass is 10.1. The van der Waals surface area contributed by atoms with Crippen LogP contribution in [0, 0.1) is 17.3 Å². The Kier molecular flexibility index (Phi) is 4.21. The first-order chi connectivity index (χ1) is 6.74. The molecule has 0 aliphatic carbocycles. The van der Waals surface area contributed by atoms with Gasteiger partial charge in [-0.3, -0.25) is 5.41 Å². The maximum absolute atomic E-state index is 7.21. The number of nitrogens with one attached hydrogen (secondary N) is 1. The maximum Gasteiger partial charge on any atom is 0.122 e. The molecule has 0 saturated heterocycles. The van der Waals surface area contributed by atoms with Crippen molar-refractivity contribution < 1.29 is 0 Å². The van der Waals surface area contributed by atoms with Gasteiger partial charge in [0.25, 0.3) is 0 Å². The van der Waals surface area contributed by atoms with Gasteiger partial charge < -0.3 is 5.73 Å². The van der Waals surface area contributed by atoms with Crippen LogP contribution in [-0.2, 0) is 0 Å². The van der Waals surface area contributed by atoms with Crippen molar-refractivity contribution in [3.05, 3.63) is 35.4 Å². The molecule has 0 bridgehead atoms. The van der Waals surface area contributed by atoms with Crippen LogP contribution in [0.1, 0.15) is 17.5 Å². The third kappa shape index (κ3) is 3.23. The Bertz CT molecular complexity index is 371. The molecule has 0 aliphatic heterocycles. The molecule has 0 saturated carbocycles. The van der Waals surface area contributed by atoms with Gasteiger partial charge in [0.1, 0.15) is 5.84 Å². The van der Waals surface area contributed by atoms with Gasteiger partial charge in [-0.1, -0.05) is 39.9 Å². The Morgan fingerprint density at radius 3 is 2.50 bits per heavy atom. The molecular weight excluding hydrogens is 240 g/mol. The van der Waals surface area contributed by atoms with E-state index in [0.29, 0.717) is 0 Å². The van der Waals surface area contributed by atoms with Crippen LogP contribution in [0.3, 0.4) is 0 Å². The lowest BCUT2D eigenvalue weighted by Gasteiger charge is -1.96. The molecule has 1 aromatic rings. The molecule has 0 unspecified atom stereocenters. The minimum Gasteiger partial charge on any atom is -0.384 e. The van der Waals surface area contributed by atoms with Crippen molar-refractivity contribution in [2.45, 2.75) is 6.42 Å². The fraction of sp³-hybridized carbons (Fsp3) is 0.182. The number of rotatable bonds is 2. The number of halogens is 1. The van der Waals surface area contributed by atoms with Gasteiger partial charge in [-0.15, -0.1) is 0 Å². The summed E-state index contributed by atoms with van der Waals surface area (Å²) in [4.78, 5) is 0. The van der Waals surface area contributed by atoms with Gasteiger partial charge in [-0.25, -0.2) is 0 Å². The van der Waals surface area contributed by atoms with E-state index in [9.17, 15) is 0 Å². The van der Waals surface area contributed by atoms with E-state index < -0.39 is 0 Å². The summed E-state index contributed by atoms with van der Waals surface area (Å²) in [7, 11) is 0. The second-order valence-electron chi connectivity index (χ2n) is 2.73. The van der Waals surface area contributed by atoms with Gasteiger partial charge in [0.15, 0.2) is 0 Å². The van der Waals surface area contributed by atoms with E-state index in [1.54, 1.807) is 12.1 Å². The van der Waals surface area contributed by atoms with Crippen molar-refractivity contribution in [3.8, 4) is 11.8 Å². The summed E-state index contributed by atoms with van der Waals surface area (Å²) >= 11 is 3.31. The van der Waals surface area contributed by atoms with Crippen LogP contribution in [0.2, 0.25) is 0 Å². The Hall–Kier alpha value is -1.27. The number of nitrogen functional groups attached to an aromatic ring is 1. The summed E-state index contributed by atoms with van der Waals surface area (Å²) in [5.41, 5.74) is 7.01. The van der Waals surface area contributed by atoms with Crippen molar-refractivity contribution in [2.24, 2.45) is 5.73 Å². The van der Waals surface area contributed by atoms with E-state index in [1.165, 1.54) is 0 Å². The zero-order valence-corrected chi connectivity index (χ0v) is 9.26. The molecule has 0 fully saturated rings. The van der Waals surface area contributed by atoms with Gasteiger partial charge in [-0.2, -0.15) is 0 Å². The van der Waals surface area contributed by atoms with Crippen LogP contribution in [0.4, 0.5) is 0 Å². The van der Waals surface area contributed by atoms with Crippen molar-refractivity contribution in [2.75, 3.05) is 5.33 Å². The van der Waals surface area contributed by atoms with E-state index in [-0.39, 0.29) is 5.84 Å². The van der Waals surface area contributed by atoms with Crippen LogP contribution in [0.25, 0.3) is 0 Å². The summed E-state index contributed by atoms with van der Waals surface area (Å²) in [5.74, 6) is 6.13. The van der Waals surface area contributed by atoms with Crippen LogP contribution in [0.15, 0.2) is 24.3 Å². The Morgan fingerprint density at radius 2 is 2.00 bits per heavy atom. The standard InChI is InChI=1S/C11H11BrN2/c12-8-2-1-3-9-4-6-10(7-5-9)11(13)14/h4-7H,2,8H2,(H3,13,14). The minimum atomic E-state index is 0.0879. The van der Waals surface area contributed by atoms with Gasteiger partial charge in [0.2, 0.25) is 0 Å². The fourth-order valence-corrected chi connectivity index (χ4v) is 1.14. The summed E-state index contributed by atoms with van der Waals surface area (Å²) in [6, 6.07) is 7.36. The zero-order chi connectivity index (χ0) is 10.4. The largest absolute Gasteiger partial charge is 0.384 e. The lowest BCUT2D eigenvalue weighted by molar-refractivity contribution is 1.32. The first kappa shape index (κ1) is 10.8. The van der Waals surface area contributed by atoms with Crippen LogP contribution >= 0.6 is 15.9 Å². The van der Waals surface area contributed by atoms with Crippen molar-refractivity contribution in [1.29, 1.82) is 5.41 Å². The van der Waals surface area contributed by atoms with E-state index in [4.69, 9.17) is 11.1 Å².